The van der Waals surface area contributed by atoms with Crippen LogP contribution in [0.3, 0.4) is 0 Å². The van der Waals surface area contributed by atoms with E-state index >= 15 is 0 Å². The molecule has 0 aromatic heterocycles. The summed E-state index contributed by atoms with van der Waals surface area (Å²) in [5.74, 6) is 0.236. The number of carbonyl (C=O) groups is 1. The van der Waals surface area contributed by atoms with Crippen LogP contribution < -0.4 is 15.8 Å². The number of amides is 1. The Hall–Kier alpha value is -0.780. The van der Waals surface area contributed by atoms with Crippen molar-refractivity contribution in [3.63, 3.8) is 0 Å². The smallest absolute Gasteiger partial charge is 0.228 e. The van der Waals surface area contributed by atoms with E-state index in [2.05, 4.69) is 21.2 Å². The quantitative estimate of drug-likeness (QED) is 0.827. The van der Waals surface area contributed by atoms with Gasteiger partial charge >= 0.3 is 0 Å². The van der Waals surface area contributed by atoms with Crippen molar-refractivity contribution in [2.75, 3.05) is 18.5 Å². The highest BCUT2D eigenvalue weighted by atomic mass is 79.9. The first-order valence-electron chi connectivity index (χ1n) is 6.16. The maximum atomic E-state index is 12.0. The van der Waals surface area contributed by atoms with E-state index in [0.717, 1.165) is 0 Å². The van der Waals surface area contributed by atoms with Gasteiger partial charge in [0, 0.05) is 11.6 Å². The molecule has 4 nitrogen and oxygen atoms in total. The molecular weight excluding hydrogens is 332 g/mol. The predicted molar refractivity (Wildman–Crippen MR) is 81.8 cm³/mol. The third kappa shape index (κ3) is 4.37. The van der Waals surface area contributed by atoms with Gasteiger partial charge < -0.3 is 15.8 Å². The normalized spacial score (nSPS) is 12.1. The topological polar surface area (TPSA) is 64.3 Å². The Labute approximate surface area is 126 Å². The van der Waals surface area contributed by atoms with Gasteiger partial charge in [-0.3, -0.25) is 4.79 Å². The molecule has 0 aliphatic rings. The molecule has 0 spiro atoms. The zero-order valence-corrected chi connectivity index (χ0v) is 13.3. The average Bonchev–Trinajstić information content (AvgIpc) is 2.35. The van der Waals surface area contributed by atoms with Crippen LogP contribution >= 0.6 is 27.5 Å². The number of ether oxygens (including phenoxy) is 1. The number of carbonyl (C=O) groups excluding carboxylic acids is 1. The van der Waals surface area contributed by atoms with Gasteiger partial charge in [0.2, 0.25) is 5.91 Å². The Morgan fingerprint density at radius 3 is 2.74 bits per heavy atom. The van der Waals surface area contributed by atoms with E-state index < -0.39 is 0 Å². The summed E-state index contributed by atoms with van der Waals surface area (Å²) in [7, 11) is 0. The van der Waals surface area contributed by atoms with Crippen molar-refractivity contribution in [2.45, 2.75) is 20.3 Å². The molecule has 1 amide bonds. The molecule has 106 valence electrons. The molecule has 1 aromatic carbocycles. The largest absolute Gasteiger partial charge is 0.491 e. The van der Waals surface area contributed by atoms with Gasteiger partial charge in [0.1, 0.15) is 0 Å². The highest BCUT2D eigenvalue weighted by Crippen LogP contribution is 2.36. The van der Waals surface area contributed by atoms with Crippen LogP contribution in [0.15, 0.2) is 16.6 Å². The molecule has 1 rings (SSSR count). The minimum absolute atomic E-state index is 0.125. The van der Waals surface area contributed by atoms with Crippen LogP contribution in [0.4, 0.5) is 5.69 Å². The van der Waals surface area contributed by atoms with Gasteiger partial charge in [0.25, 0.3) is 0 Å². The van der Waals surface area contributed by atoms with Gasteiger partial charge in [-0.1, -0.05) is 18.5 Å². The van der Waals surface area contributed by atoms with E-state index in [0.29, 0.717) is 40.5 Å². The van der Waals surface area contributed by atoms with Crippen LogP contribution in [-0.2, 0) is 4.79 Å². The van der Waals surface area contributed by atoms with Crippen molar-refractivity contribution < 1.29 is 9.53 Å². The lowest BCUT2D eigenvalue weighted by Gasteiger charge is -2.17. The summed E-state index contributed by atoms with van der Waals surface area (Å²) in [5, 5.41) is 3.34. The lowest BCUT2D eigenvalue weighted by Crippen LogP contribution is -2.28. The summed E-state index contributed by atoms with van der Waals surface area (Å²) in [6.07, 6.45) is 0.689. The number of hydrogen-bond donors (Lipinski definition) is 2. The third-order valence-corrected chi connectivity index (χ3v) is 3.51. The fraction of sp³-hybridized carbons (Fsp3) is 0.462. The first kappa shape index (κ1) is 16.3. The highest BCUT2D eigenvalue weighted by Gasteiger charge is 2.18. The molecule has 0 saturated heterocycles. The Kier molecular flexibility index (Phi) is 6.62. The summed E-state index contributed by atoms with van der Waals surface area (Å²) in [5.41, 5.74) is 6.12. The number of rotatable bonds is 6. The lowest BCUT2D eigenvalue weighted by molar-refractivity contribution is -0.119. The van der Waals surface area contributed by atoms with Crippen LogP contribution in [0.5, 0.6) is 5.75 Å². The second-order valence-electron chi connectivity index (χ2n) is 4.03. The summed E-state index contributed by atoms with van der Waals surface area (Å²) in [6, 6.07) is 3.39. The number of hydrogen-bond acceptors (Lipinski definition) is 3. The molecule has 6 heteroatoms. The van der Waals surface area contributed by atoms with E-state index in [-0.39, 0.29) is 11.8 Å². The summed E-state index contributed by atoms with van der Waals surface area (Å²) < 4.78 is 6.23. The summed E-state index contributed by atoms with van der Waals surface area (Å²) in [6.45, 7) is 4.61. The van der Waals surface area contributed by atoms with Crippen molar-refractivity contribution in [3.8, 4) is 5.75 Å². The van der Waals surface area contributed by atoms with Gasteiger partial charge in [-0.25, -0.2) is 0 Å². The maximum absolute atomic E-state index is 12.0. The van der Waals surface area contributed by atoms with Gasteiger partial charge in [-0.2, -0.15) is 0 Å². The molecule has 1 unspecified atom stereocenters. The van der Waals surface area contributed by atoms with Crippen molar-refractivity contribution in [1.29, 1.82) is 0 Å². The van der Waals surface area contributed by atoms with Crippen molar-refractivity contribution in [2.24, 2.45) is 11.7 Å². The molecule has 0 radical (unpaired) electrons. The molecular formula is C13H18BrClN2O2. The van der Waals surface area contributed by atoms with E-state index in [1.807, 2.05) is 13.8 Å². The fourth-order valence-electron chi connectivity index (χ4n) is 1.64. The SMILES string of the molecule is CCOc1c(Br)cc(Cl)cc1NC(=O)C(CC)CN. The first-order valence-corrected chi connectivity index (χ1v) is 7.33. The molecule has 1 atom stereocenters. The Bertz CT molecular complexity index is 451. The standard InChI is InChI=1S/C13H18BrClN2O2/c1-3-8(7-16)13(18)17-11-6-9(15)5-10(14)12(11)19-4-2/h5-6,8H,3-4,7,16H2,1-2H3,(H,17,18). The van der Waals surface area contributed by atoms with Gasteiger partial charge in [0.15, 0.2) is 5.75 Å². The second kappa shape index (κ2) is 7.72. The predicted octanol–water partition coefficient (Wildman–Crippen LogP) is 3.42. The van der Waals surface area contributed by atoms with Crippen molar-refractivity contribution >= 4 is 39.1 Å². The maximum Gasteiger partial charge on any atom is 0.228 e. The number of benzene rings is 1. The zero-order valence-electron chi connectivity index (χ0n) is 11.0. The van der Waals surface area contributed by atoms with Crippen LogP contribution in [0, 0.1) is 5.92 Å². The molecule has 19 heavy (non-hydrogen) atoms. The van der Waals surface area contributed by atoms with Gasteiger partial charge in [-0.15, -0.1) is 0 Å². The number of nitrogens with two attached hydrogens (primary N) is 1. The molecule has 0 heterocycles. The number of anilines is 1. The van der Waals surface area contributed by atoms with E-state index in [1.165, 1.54) is 0 Å². The van der Waals surface area contributed by atoms with Crippen LogP contribution in [0.25, 0.3) is 0 Å². The Balaban J connectivity index is 3.02. The number of halogens is 2. The van der Waals surface area contributed by atoms with Crippen molar-refractivity contribution in [1.82, 2.24) is 0 Å². The van der Waals surface area contributed by atoms with Gasteiger partial charge in [-0.05, 0) is 41.4 Å². The monoisotopic (exact) mass is 348 g/mol. The zero-order chi connectivity index (χ0) is 14.4. The summed E-state index contributed by atoms with van der Waals surface area (Å²) >= 11 is 9.37. The molecule has 3 N–H and O–H groups in total. The Morgan fingerprint density at radius 1 is 1.53 bits per heavy atom. The summed E-state index contributed by atoms with van der Waals surface area (Å²) in [4.78, 5) is 12.0. The second-order valence-corrected chi connectivity index (χ2v) is 5.32. The van der Waals surface area contributed by atoms with E-state index in [4.69, 9.17) is 22.1 Å². The van der Waals surface area contributed by atoms with Crippen LogP contribution in [0.1, 0.15) is 20.3 Å². The van der Waals surface area contributed by atoms with Gasteiger partial charge in [0.05, 0.1) is 22.7 Å². The molecule has 1 aromatic rings. The first-order chi connectivity index (χ1) is 9.03. The highest BCUT2D eigenvalue weighted by molar-refractivity contribution is 9.10. The lowest BCUT2D eigenvalue weighted by atomic mass is 10.1. The van der Waals surface area contributed by atoms with E-state index in [1.54, 1.807) is 12.1 Å². The molecule has 0 fully saturated rings. The minimum atomic E-state index is -0.216. The van der Waals surface area contributed by atoms with Crippen LogP contribution in [0.2, 0.25) is 5.02 Å². The molecule has 0 saturated carbocycles. The average molecular weight is 350 g/mol. The fourth-order valence-corrected chi connectivity index (χ4v) is 2.56. The Morgan fingerprint density at radius 2 is 2.21 bits per heavy atom. The minimum Gasteiger partial charge on any atom is -0.491 e. The molecule has 0 aliphatic heterocycles. The van der Waals surface area contributed by atoms with Crippen LogP contribution in [-0.4, -0.2) is 19.1 Å². The van der Waals surface area contributed by atoms with Crippen molar-refractivity contribution in [3.05, 3.63) is 21.6 Å². The number of nitrogens with one attached hydrogen (secondary N) is 1. The van der Waals surface area contributed by atoms with E-state index in [9.17, 15) is 4.79 Å². The molecule has 0 bridgehead atoms. The third-order valence-electron chi connectivity index (χ3n) is 2.70. The molecule has 0 aliphatic carbocycles.